The van der Waals surface area contributed by atoms with E-state index in [1.807, 2.05) is 13.8 Å². The second-order valence-electron chi connectivity index (χ2n) is 6.83. The molecule has 29 heavy (non-hydrogen) atoms. The third kappa shape index (κ3) is 7.29. The molecular weight excluding hydrogens is 396 g/mol. The van der Waals surface area contributed by atoms with Gasteiger partial charge in [-0.25, -0.2) is 4.79 Å². The zero-order chi connectivity index (χ0) is 21.4. The molecule has 2 aromatic carbocycles. The van der Waals surface area contributed by atoms with E-state index in [4.69, 9.17) is 21.4 Å². The molecule has 156 valence electrons. The first-order valence-electron chi connectivity index (χ1n) is 9.25. The summed E-state index contributed by atoms with van der Waals surface area (Å²) in [5.41, 5.74) is 1.76. The fourth-order valence-corrected chi connectivity index (χ4v) is 3.00. The van der Waals surface area contributed by atoms with Gasteiger partial charge in [0.15, 0.2) is 0 Å². The maximum absolute atomic E-state index is 12.6. The first-order chi connectivity index (χ1) is 13.8. The van der Waals surface area contributed by atoms with Gasteiger partial charge in [-0.1, -0.05) is 23.7 Å². The van der Waals surface area contributed by atoms with E-state index in [0.29, 0.717) is 34.9 Å². The van der Waals surface area contributed by atoms with Crippen LogP contribution in [0, 0.1) is 0 Å². The number of carboxylic acid groups (broad SMARTS) is 1. The molecule has 2 aromatic rings. The molecule has 0 aromatic heterocycles. The zero-order valence-electron chi connectivity index (χ0n) is 16.3. The number of rotatable bonds is 9. The summed E-state index contributed by atoms with van der Waals surface area (Å²) >= 11 is 6.20. The van der Waals surface area contributed by atoms with Crippen LogP contribution in [0.5, 0.6) is 5.75 Å². The fourth-order valence-electron chi connectivity index (χ4n) is 2.77. The second kappa shape index (κ2) is 10.7. The minimum absolute atomic E-state index is 0.0294. The van der Waals surface area contributed by atoms with Crippen LogP contribution < -0.4 is 15.4 Å². The van der Waals surface area contributed by atoms with Gasteiger partial charge in [0.1, 0.15) is 5.75 Å². The molecule has 0 saturated heterocycles. The zero-order valence-corrected chi connectivity index (χ0v) is 17.1. The van der Waals surface area contributed by atoms with Gasteiger partial charge in [0.25, 0.3) is 5.91 Å². The minimum Gasteiger partial charge on any atom is -0.489 e. The highest BCUT2D eigenvalue weighted by molar-refractivity contribution is 6.32. The number of ether oxygens (including phenoxy) is 1. The van der Waals surface area contributed by atoms with Crippen LogP contribution in [0.4, 0.5) is 10.5 Å². The van der Waals surface area contributed by atoms with E-state index in [1.165, 1.54) is 0 Å². The topological polar surface area (TPSA) is 108 Å². The highest BCUT2D eigenvalue weighted by Gasteiger charge is 2.16. The molecule has 4 N–H and O–H groups in total. The van der Waals surface area contributed by atoms with E-state index in [0.717, 1.165) is 5.56 Å². The van der Waals surface area contributed by atoms with Crippen molar-refractivity contribution >= 4 is 29.3 Å². The number of carbonyl (C=O) groups is 2. The summed E-state index contributed by atoms with van der Waals surface area (Å²) in [6.07, 6.45) is -0.296. The largest absolute Gasteiger partial charge is 0.489 e. The van der Waals surface area contributed by atoms with Crippen molar-refractivity contribution < 1.29 is 24.5 Å². The lowest BCUT2D eigenvalue weighted by Crippen LogP contribution is -2.37. The molecule has 0 heterocycles. The Kier molecular flexibility index (Phi) is 8.30. The molecule has 0 spiro atoms. The van der Waals surface area contributed by atoms with Crippen LogP contribution in [0.25, 0.3) is 0 Å². The van der Waals surface area contributed by atoms with Crippen LogP contribution in [0.15, 0.2) is 42.5 Å². The van der Waals surface area contributed by atoms with E-state index in [-0.39, 0.29) is 24.7 Å². The van der Waals surface area contributed by atoms with Gasteiger partial charge >= 0.3 is 6.09 Å². The summed E-state index contributed by atoms with van der Waals surface area (Å²) < 4.78 is 5.57. The van der Waals surface area contributed by atoms with E-state index in [9.17, 15) is 14.7 Å². The summed E-state index contributed by atoms with van der Waals surface area (Å²) in [5, 5.41) is 23.6. The first-order valence-corrected chi connectivity index (χ1v) is 9.63. The van der Waals surface area contributed by atoms with Gasteiger partial charge < -0.3 is 20.3 Å². The molecule has 8 heteroatoms. The number of aliphatic hydroxyl groups excluding tert-OH is 1. The molecule has 0 radical (unpaired) electrons. The third-order valence-electron chi connectivity index (χ3n) is 4.06. The van der Waals surface area contributed by atoms with Crippen LogP contribution in [-0.4, -0.2) is 41.0 Å². The lowest BCUT2D eigenvalue weighted by molar-refractivity contribution is 0.0930. The Hall–Kier alpha value is -2.77. The van der Waals surface area contributed by atoms with Crippen molar-refractivity contribution in [3.63, 3.8) is 0 Å². The molecule has 0 bridgehead atoms. The summed E-state index contributed by atoms with van der Waals surface area (Å²) in [6.45, 7) is 3.70. The Bertz CT molecular complexity index is 839. The van der Waals surface area contributed by atoms with Crippen molar-refractivity contribution in [2.45, 2.75) is 38.8 Å². The van der Waals surface area contributed by atoms with E-state index in [1.54, 1.807) is 42.5 Å². The predicted octanol–water partition coefficient (Wildman–Crippen LogP) is 3.94. The summed E-state index contributed by atoms with van der Waals surface area (Å²) in [5.74, 6) is 0.214. The monoisotopic (exact) mass is 420 g/mol. The van der Waals surface area contributed by atoms with Crippen molar-refractivity contribution in [1.82, 2.24) is 5.32 Å². The smallest absolute Gasteiger partial charge is 0.409 e. The normalized spacial score (nSPS) is 11.8. The van der Waals surface area contributed by atoms with E-state index < -0.39 is 6.09 Å². The number of hydrogen-bond acceptors (Lipinski definition) is 4. The summed E-state index contributed by atoms with van der Waals surface area (Å²) in [4.78, 5) is 23.3. The van der Waals surface area contributed by atoms with Crippen LogP contribution >= 0.6 is 11.6 Å². The predicted molar refractivity (Wildman–Crippen MR) is 112 cm³/mol. The van der Waals surface area contributed by atoms with Crippen LogP contribution in [0.1, 0.15) is 36.2 Å². The van der Waals surface area contributed by atoms with Crippen molar-refractivity contribution in [3.05, 3.63) is 58.6 Å². The van der Waals surface area contributed by atoms with Gasteiger partial charge in [0.2, 0.25) is 0 Å². The number of aliphatic hydroxyl groups is 1. The number of amides is 2. The third-order valence-corrected chi connectivity index (χ3v) is 4.35. The number of halogens is 1. The summed E-state index contributed by atoms with van der Waals surface area (Å²) in [7, 11) is 0. The number of anilines is 1. The van der Waals surface area contributed by atoms with Crippen molar-refractivity contribution in [2.24, 2.45) is 0 Å². The van der Waals surface area contributed by atoms with Crippen LogP contribution in [0.2, 0.25) is 5.02 Å². The van der Waals surface area contributed by atoms with Crippen molar-refractivity contribution in [2.75, 3.05) is 11.9 Å². The number of carbonyl (C=O) groups excluding carboxylic acids is 1. The van der Waals surface area contributed by atoms with Gasteiger partial charge in [0, 0.05) is 23.9 Å². The van der Waals surface area contributed by atoms with Gasteiger partial charge in [-0.2, -0.15) is 0 Å². The van der Waals surface area contributed by atoms with E-state index >= 15 is 0 Å². The van der Waals surface area contributed by atoms with Crippen molar-refractivity contribution in [3.8, 4) is 5.75 Å². The highest BCUT2D eigenvalue weighted by Crippen LogP contribution is 2.26. The number of hydrogen-bond donors (Lipinski definition) is 4. The maximum atomic E-state index is 12.6. The molecule has 0 fully saturated rings. The Labute approximate surface area is 174 Å². The van der Waals surface area contributed by atoms with Crippen LogP contribution in [0.3, 0.4) is 0 Å². The average Bonchev–Trinajstić information content (AvgIpc) is 2.64. The number of benzene rings is 2. The lowest BCUT2D eigenvalue weighted by Gasteiger charge is -2.19. The molecule has 0 saturated carbocycles. The molecule has 0 aliphatic carbocycles. The first kappa shape index (κ1) is 22.5. The fraction of sp³-hybridized carbons (Fsp3) is 0.333. The lowest BCUT2D eigenvalue weighted by atomic mass is 10.0. The average molecular weight is 421 g/mol. The van der Waals surface area contributed by atoms with Gasteiger partial charge in [-0.3, -0.25) is 10.1 Å². The molecule has 2 rings (SSSR count). The molecule has 7 nitrogen and oxygen atoms in total. The Morgan fingerprint density at radius 2 is 1.83 bits per heavy atom. The minimum atomic E-state index is -1.13. The Balaban J connectivity index is 2.04. The van der Waals surface area contributed by atoms with Crippen molar-refractivity contribution in [1.29, 1.82) is 0 Å². The SMILES string of the molecule is CC(C)Oc1ccc(C(=O)N[C@H](CCO)Cc2ccc(NC(=O)O)cc2)cc1Cl. The standard InChI is InChI=1S/C21H25ClN2O5/c1-13(2)29-19-8-5-15(12-18(19)22)20(26)23-17(9-10-25)11-14-3-6-16(7-4-14)24-21(27)28/h3-8,12-13,17,24-25H,9-11H2,1-2H3,(H,23,26)(H,27,28)/t17-/m1/s1. The Morgan fingerprint density at radius 1 is 1.14 bits per heavy atom. The molecule has 1 atom stereocenters. The molecule has 0 aliphatic heterocycles. The van der Waals surface area contributed by atoms with Gasteiger partial charge in [-0.15, -0.1) is 0 Å². The van der Waals surface area contributed by atoms with Crippen LogP contribution in [-0.2, 0) is 6.42 Å². The Morgan fingerprint density at radius 3 is 2.38 bits per heavy atom. The van der Waals surface area contributed by atoms with E-state index in [2.05, 4.69) is 10.6 Å². The highest BCUT2D eigenvalue weighted by atomic mass is 35.5. The quantitative estimate of drug-likeness (QED) is 0.491. The molecule has 0 unspecified atom stereocenters. The van der Waals surface area contributed by atoms with Gasteiger partial charge in [-0.05, 0) is 62.6 Å². The maximum Gasteiger partial charge on any atom is 0.409 e. The summed E-state index contributed by atoms with van der Waals surface area (Å²) in [6, 6.07) is 11.4. The van der Waals surface area contributed by atoms with Gasteiger partial charge in [0.05, 0.1) is 11.1 Å². The molecule has 2 amide bonds. The molecule has 0 aliphatic rings. The number of nitrogens with one attached hydrogen (secondary N) is 2. The second-order valence-corrected chi connectivity index (χ2v) is 7.23. The molecular formula is C21H25ClN2O5.